The molecular weight excluding hydrogens is 232 g/mol. The number of benzene rings is 1. The number of rotatable bonds is 2. The molecule has 1 aromatic carbocycles. The first kappa shape index (κ1) is 12.5. The summed E-state index contributed by atoms with van der Waals surface area (Å²) < 4.78 is 24.0. The second kappa shape index (κ2) is 4.14. The summed E-state index contributed by atoms with van der Waals surface area (Å²) in [6, 6.07) is 3.52. The monoisotopic (exact) mass is 246 g/mol. The minimum atomic E-state index is -3.29. The lowest BCUT2D eigenvalue weighted by Gasteiger charge is -2.13. The second-order valence-corrected chi connectivity index (χ2v) is 6.83. The van der Waals surface area contributed by atoms with E-state index in [0.29, 0.717) is 10.6 Å². The van der Waals surface area contributed by atoms with Crippen molar-refractivity contribution in [3.8, 4) is 0 Å². The van der Waals surface area contributed by atoms with Gasteiger partial charge < -0.3 is 0 Å². The van der Waals surface area contributed by atoms with E-state index in [4.69, 9.17) is 11.6 Å². The van der Waals surface area contributed by atoms with Crippen LogP contribution in [-0.4, -0.2) is 13.7 Å². The Bertz CT molecular complexity index is 452. The lowest BCUT2D eigenvalue weighted by molar-refractivity contribution is 0.587. The van der Waals surface area contributed by atoms with Crippen molar-refractivity contribution < 1.29 is 8.42 Å². The maximum Gasteiger partial charge on any atom is 0.182 e. The van der Waals surface area contributed by atoms with Crippen molar-refractivity contribution in [2.24, 2.45) is 0 Å². The molecule has 1 rings (SSSR count). The Balaban J connectivity index is 3.52. The summed E-state index contributed by atoms with van der Waals surface area (Å²) >= 11 is 5.98. The standard InChI is InChI=1S/C11H15ClO2S/c1-7(2)15(13,14)11-9(4)5-8(3)6-10(11)12/h5-7H,1-4H3. The predicted molar refractivity (Wildman–Crippen MR) is 63.2 cm³/mol. The number of sulfone groups is 1. The van der Waals surface area contributed by atoms with Crippen LogP contribution in [-0.2, 0) is 9.84 Å². The Hall–Kier alpha value is -0.540. The van der Waals surface area contributed by atoms with Gasteiger partial charge in [-0.25, -0.2) is 8.42 Å². The Kier molecular flexibility index (Phi) is 3.46. The summed E-state index contributed by atoms with van der Waals surface area (Å²) in [6.45, 7) is 6.98. The predicted octanol–water partition coefficient (Wildman–Crippen LogP) is 3.14. The first-order valence-electron chi connectivity index (χ1n) is 4.77. The fraction of sp³-hybridized carbons (Fsp3) is 0.455. The van der Waals surface area contributed by atoms with E-state index >= 15 is 0 Å². The highest BCUT2D eigenvalue weighted by Gasteiger charge is 2.24. The maximum atomic E-state index is 12.0. The van der Waals surface area contributed by atoms with E-state index in [9.17, 15) is 8.42 Å². The van der Waals surface area contributed by atoms with Crippen molar-refractivity contribution >= 4 is 21.4 Å². The zero-order valence-electron chi connectivity index (χ0n) is 9.33. The van der Waals surface area contributed by atoms with Crippen LogP contribution >= 0.6 is 11.6 Å². The third-order valence-corrected chi connectivity index (χ3v) is 5.04. The number of halogens is 1. The zero-order valence-corrected chi connectivity index (χ0v) is 10.9. The lowest BCUT2D eigenvalue weighted by atomic mass is 10.2. The lowest BCUT2D eigenvalue weighted by Crippen LogP contribution is -2.15. The molecule has 0 radical (unpaired) electrons. The molecule has 0 aliphatic rings. The molecule has 0 bridgehead atoms. The third kappa shape index (κ3) is 2.34. The smallest absolute Gasteiger partial charge is 0.182 e. The van der Waals surface area contributed by atoms with Crippen LogP contribution in [0.5, 0.6) is 0 Å². The summed E-state index contributed by atoms with van der Waals surface area (Å²) in [6.07, 6.45) is 0. The molecule has 0 atom stereocenters. The van der Waals surface area contributed by atoms with Crippen LogP contribution in [0.15, 0.2) is 17.0 Å². The van der Waals surface area contributed by atoms with Crippen LogP contribution in [0.25, 0.3) is 0 Å². The second-order valence-electron chi connectivity index (χ2n) is 3.99. The molecule has 0 spiro atoms. The van der Waals surface area contributed by atoms with Crippen molar-refractivity contribution in [3.05, 3.63) is 28.3 Å². The van der Waals surface area contributed by atoms with Crippen LogP contribution < -0.4 is 0 Å². The first-order valence-corrected chi connectivity index (χ1v) is 6.70. The first-order chi connectivity index (χ1) is 6.76. The van der Waals surface area contributed by atoms with Gasteiger partial charge in [0, 0.05) is 0 Å². The molecule has 0 aromatic heterocycles. The Labute approximate surface area is 96.2 Å². The number of hydrogen-bond donors (Lipinski definition) is 0. The van der Waals surface area contributed by atoms with Gasteiger partial charge in [-0.1, -0.05) is 17.7 Å². The van der Waals surface area contributed by atoms with Crippen molar-refractivity contribution in [2.75, 3.05) is 0 Å². The largest absolute Gasteiger partial charge is 0.223 e. The van der Waals surface area contributed by atoms with Crippen LogP contribution in [0.1, 0.15) is 25.0 Å². The number of aryl methyl sites for hydroxylation is 2. The highest BCUT2D eigenvalue weighted by atomic mass is 35.5. The molecule has 1 aromatic rings. The third-order valence-electron chi connectivity index (χ3n) is 2.28. The van der Waals surface area contributed by atoms with E-state index in [0.717, 1.165) is 5.56 Å². The molecule has 0 aliphatic carbocycles. The van der Waals surface area contributed by atoms with Crippen LogP contribution in [0, 0.1) is 13.8 Å². The van der Waals surface area contributed by atoms with Crippen molar-refractivity contribution in [3.63, 3.8) is 0 Å². The maximum absolute atomic E-state index is 12.0. The molecule has 0 heterocycles. The van der Waals surface area contributed by atoms with Gasteiger partial charge in [0.05, 0.1) is 15.2 Å². The van der Waals surface area contributed by atoms with Gasteiger partial charge in [-0.2, -0.15) is 0 Å². The molecule has 0 aliphatic heterocycles. The quantitative estimate of drug-likeness (QED) is 0.804. The van der Waals surface area contributed by atoms with Gasteiger partial charge in [0.2, 0.25) is 0 Å². The van der Waals surface area contributed by atoms with Gasteiger partial charge in [0.15, 0.2) is 9.84 Å². The fourth-order valence-electron chi connectivity index (χ4n) is 1.50. The van der Waals surface area contributed by atoms with E-state index in [-0.39, 0.29) is 4.90 Å². The molecule has 2 nitrogen and oxygen atoms in total. The van der Waals surface area contributed by atoms with E-state index in [1.807, 2.05) is 13.0 Å². The Morgan fingerprint density at radius 3 is 2.13 bits per heavy atom. The molecule has 0 unspecified atom stereocenters. The van der Waals surface area contributed by atoms with Crippen molar-refractivity contribution in [2.45, 2.75) is 37.8 Å². The van der Waals surface area contributed by atoms with Crippen molar-refractivity contribution in [1.82, 2.24) is 0 Å². The van der Waals surface area contributed by atoms with Gasteiger partial charge in [-0.05, 0) is 44.9 Å². The normalized spacial score (nSPS) is 12.1. The SMILES string of the molecule is Cc1cc(C)c(S(=O)(=O)C(C)C)c(Cl)c1. The van der Waals surface area contributed by atoms with Gasteiger partial charge in [-0.15, -0.1) is 0 Å². The van der Waals surface area contributed by atoms with E-state index in [2.05, 4.69) is 0 Å². The molecule has 0 fully saturated rings. The van der Waals surface area contributed by atoms with Gasteiger partial charge in [-0.3, -0.25) is 0 Å². The van der Waals surface area contributed by atoms with Crippen LogP contribution in [0.4, 0.5) is 0 Å². The molecular formula is C11H15ClO2S. The van der Waals surface area contributed by atoms with Gasteiger partial charge in [0.1, 0.15) is 0 Å². The Morgan fingerprint density at radius 2 is 1.73 bits per heavy atom. The molecule has 15 heavy (non-hydrogen) atoms. The molecule has 0 N–H and O–H groups in total. The number of hydrogen-bond acceptors (Lipinski definition) is 2. The Morgan fingerprint density at radius 1 is 1.20 bits per heavy atom. The average Bonchev–Trinajstić information content (AvgIpc) is 2.00. The minimum Gasteiger partial charge on any atom is -0.223 e. The van der Waals surface area contributed by atoms with Crippen LogP contribution in [0.2, 0.25) is 5.02 Å². The minimum absolute atomic E-state index is 0.268. The van der Waals surface area contributed by atoms with E-state index in [1.165, 1.54) is 0 Å². The summed E-state index contributed by atoms with van der Waals surface area (Å²) in [5.41, 5.74) is 1.69. The highest BCUT2D eigenvalue weighted by molar-refractivity contribution is 7.92. The molecule has 0 saturated heterocycles. The topological polar surface area (TPSA) is 34.1 Å². The van der Waals surface area contributed by atoms with E-state index < -0.39 is 15.1 Å². The summed E-state index contributed by atoms with van der Waals surface area (Å²) in [7, 11) is -3.29. The molecule has 0 saturated carbocycles. The zero-order chi connectivity index (χ0) is 11.8. The molecule has 84 valence electrons. The summed E-state index contributed by atoms with van der Waals surface area (Å²) in [5.74, 6) is 0. The summed E-state index contributed by atoms with van der Waals surface area (Å²) in [5, 5.41) is -0.127. The highest BCUT2D eigenvalue weighted by Crippen LogP contribution is 2.29. The fourth-order valence-corrected chi connectivity index (χ4v) is 3.45. The van der Waals surface area contributed by atoms with Gasteiger partial charge >= 0.3 is 0 Å². The molecule has 4 heteroatoms. The van der Waals surface area contributed by atoms with Crippen LogP contribution in [0.3, 0.4) is 0 Å². The molecule has 0 amide bonds. The van der Waals surface area contributed by atoms with Gasteiger partial charge in [0.25, 0.3) is 0 Å². The van der Waals surface area contributed by atoms with Crippen molar-refractivity contribution in [1.29, 1.82) is 0 Å². The average molecular weight is 247 g/mol. The summed E-state index contributed by atoms with van der Waals surface area (Å²) in [4.78, 5) is 0.268. The van der Waals surface area contributed by atoms with E-state index in [1.54, 1.807) is 26.8 Å².